The number of rotatable bonds is 6. The summed E-state index contributed by atoms with van der Waals surface area (Å²) in [6, 6.07) is 17.4. The number of carbonyl (C=O) groups is 1. The minimum absolute atomic E-state index is 0.429. The van der Waals surface area contributed by atoms with Gasteiger partial charge in [0, 0.05) is 35.4 Å². The molecule has 0 saturated carbocycles. The number of hydrogen-bond donors (Lipinski definition) is 2. The molecule has 0 saturated heterocycles. The smallest absolute Gasteiger partial charge is 0.249 e. The van der Waals surface area contributed by atoms with E-state index in [1.165, 1.54) is 6.21 Å². The molecule has 2 aromatic heterocycles. The zero-order chi connectivity index (χ0) is 18.4. The van der Waals surface area contributed by atoms with Crippen LogP contribution in [-0.2, 0) is 13.1 Å². The van der Waals surface area contributed by atoms with Crippen molar-refractivity contribution >= 4 is 12.1 Å². The zero-order valence-electron chi connectivity index (χ0n) is 14.2. The zero-order valence-corrected chi connectivity index (χ0v) is 14.2. The largest absolute Gasteiger partial charge is 0.411 e. The summed E-state index contributed by atoms with van der Waals surface area (Å²) >= 11 is 0. The van der Waals surface area contributed by atoms with Crippen molar-refractivity contribution in [1.29, 1.82) is 0 Å². The van der Waals surface area contributed by atoms with Crippen molar-refractivity contribution in [2.24, 2.45) is 10.9 Å². The Morgan fingerprint density at radius 3 is 2.42 bits per heavy atom. The average Bonchev–Trinajstić information content (AvgIpc) is 2.64. The number of pyridine rings is 2. The van der Waals surface area contributed by atoms with E-state index in [4.69, 9.17) is 10.9 Å². The van der Waals surface area contributed by atoms with Crippen molar-refractivity contribution in [2.45, 2.75) is 13.1 Å². The van der Waals surface area contributed by atoms with Crippen LogP contribution in [0.25, 0.3) is 0 Å². The Kier molecular flexibility index (Phi) is 5.34. The Hall–Kier alpha value is -3.54. The molecule has 26 heavy (non-hydrogen) atoms. The number of hydrogen-bond acceptors (Lipinski definition) is 3. The van der Waals surface area contributed by atoms with Crippen molar-refractivity contribution in [3.8, 4) is 0 Å². The first-order valence-electron chi connectivity index (χ1n) is 8.18. The van der Waals surface area contributed by atoms with Crippen molar-refractivity contribution in [2.75, 3.05) is 0 Å². The summed E-state index contributed by atoms with van der Waals surface area (Å²) in [5.74, 6) is -0.429. The van der Waals surface area contributed by atoms with Crippen LogP contribution >= 0.6 is 0 Å². The second kappa shape index (κ2) is 8.02. The average molecular weight is 348 g/mol. The summed E-state index contributed by atoms with van der Waals surface area (Å²) in [5, 5.41) is 11.9. The topological polar surface area (TPSA) is 83.4 Å². The van der Waals surface area contributed by atoms with E-state index < -0.39 is 5.91 Å². The van der Waals surface area contributed by atoms with E-state index in [0.717, 1.165) is 16.8 Å². The Balaban J connectivity index is 1.77. The van der Waals surface area contributed by atoms with E-state index in [1.54, 1.807) is 12.1 Å². The number of benzene rings is 1. The van der Waals surface area contributed by atoms with Crippen LogP contribution in [0.15, 0.2) is 78.3 Å². The summed E-state index contributed by atoms with van der Waals surface area (Å²) in [6.45, 7) is 1.36. The molecule has 0 unspecified atom stereocenters. The van der Waals surface area contributed by atoms with Crippen LogP contribution in [0.3, 0.4) is 0 Å². The maximum atomic E-state index is 11.1. The molecular weight excluding hydrogens is 328 g/mol. The first-order valence-corrected chi connectivity index (χ1v) is 8.18. The predicted octanol–water partition coefficient (Wildman–Crippen LogP) is 1.27. The van der Waals surface area contributed by atoms with Gasteiger partial charge in [-0.3, -0.25) is 4.79 Å². The van der Waals surface area contributed by atoms with Gasteiger partial charge in [0.25, 0.3) is 0 Å². The fraction of sp³-hybridized carbons (Fsp3) is 0.100. The van der Waals surface area contributed by atoms with Crippen LogP contribution in [-0.4, -0.2) is 17.3 Å². The highest BCUT2D eigenvalue weighted by Crippen LogP contribution is 2.06. The molecule has 0 radical (unpaired) electrons. The van der Waals surface area contributed by atoms with Crippen LogP contribution in [0.4, 0.5) is 0 Å². The molecule has 0 fully saturated rings. The predicted molar refractivity (Wildman–Crippen MR) is 95.8 cm³/mol. The molecule has 0 bridgehead atoms. The maximum Gasteiger partial charge on any atom is 0.249 e. The van der Waals surface area contributed by atoms with Gasteiger partial charge < -0.3 is 10.9 Å². The van der Waals surface area contributed by atoms with Crippen LogP contribution in [0.2, 0.25) is 0 Å². The first-order chi connectivity index (χ1) is 12.7. The molecule has 130 valence electrons. The Morgan fingerprint density at radius 1 is 1.00 bits per heavy atom. The number of aromatic nitrogens is 2. The van der Waals surface area contributed by atoms with Gasteiger partial charge >= 0.3 is 0 Å². The standard InChI is InChI=1S/C20H18N4O2/c21-20(25)18-7-10-23(11-8-18)14-16-4-3-5-17(12-16)15-24-9-2-1-6-19(24)13-22-26/h1-13H,14-15H2,(H-,21,25)/p+2. The molecule has 2 heterocycles. The van der Waals surface area contributed by atoms with Gasteiger partial charge in [0.05, 0.1) is 5.56 Å². The third-order valence-electron chi connectivity index (χ3n) is 4.05. The van der Waals surface area contributed by atoms with Gasteiger partial charge in [-0.1, -0.05) is 23.4 Å². The molecule has 0 spiro atoms. The van der Waals surface area contributed by atoms with Crippen LogP contribution in [0.1, 0.15) is 27.2 Å². The second-order valence-electron chi connectivity index (χ2n) is 5.94. The van der Waals surface area contributed by atoms with Gasteiger partial charge in [-0.15, -0.1) is 0 Å². The number of nitrogens with zero attached hydrogens (tertiary/aromatic N) is 3. The molecule has 1 aromatic carbocycles. The van der Waals surface area contributed by atoms with E-state index in [2.05, 4.69) is 23.4 Å². The van der Waals surface area contributed by atoms with Gasteiger partial charge in [0.1, 0.15) is 6.21 Å². The molecule has 0 aliphatic carbocycles. The molecule has 1 amide bonds. The summed E-state index contributed by atoms with van der Waals surface area (Å²) in [4.78, 5) is 11.1. The van der Waals surface area contributed by atoms with Gasteiger partial charge in [-0.05, 0) is 12.1 Å². The van der Waals surface area contributed by atoms with E-state index in [-0.39, 0.29) is 0 Å². The summed E-state index contributed by atoms with van der Waals surface area (Å²) in [7, 11) is 0. The van der Waals surface area contributed by atoms with Crippen molar-refractivity contribution < 1.29 is 19.1 Å². The van der Waals surface area contributed by atoms with Gasteiger partial charge in [-0.25, -0.2) is 4.57 Å². The lowest BCUT2D eigenvalue weighted by Crippen LogP contribution is -2.38. The van der Waals surface area contributed by atoms with E-state index in [9.17, 15) is 4.79 Å². The molecule has 0 aliphatic heterocycles. The molecule has 0 aliphatic rings. The van der Waals surface area contributed by atoms with Crippen molar-refractivity contribution in [3.63, 3.8) is 0 Å². The number of nitrogens with two attached hydrogens (primary N) is 1. The molecule has 6 heteroatoms. The fourth-order valence-corrected chi connectivity index (χ4v) is 2.77. The maximum absolute atomic E-state index is 11.1. The Bertz CT molecular complexity index is 937. The highest BCUT2D eigenvalue weighted by Gasteiger charge is 2.11. The van der Waals surface area contributed by atoms with E-state index in [0.29, 0.717) is 18.7 Å². The third-order valence-corrected chi connectivity index (χ3v) is 4.05. The van der Waals surface area contributed by atoms with Gasteiger partial charge in [0.15, 0.2) is 31.7 Å². The lowest BCUT2D eigenvalue weighted by atomic mass is 10.1. The lowest BCUT2D eigenvalue weighted by Gasteiger charge is -2.03. The minimum atomic E-state index is -0.429. The molecular formula is C20H20N4O2+2. The normalized spacial score (nSPS) is 10.9. The van der Waals surface area contributed by atoms with Crippen molar-refractivity contribution in [3.05, 3.63) is 95.6 Å². The molecule has 6 nitrogen and oxygen atoms in total. The first kappa shape index (κ1) is 17.3. The third kappa shape index (κ3) is 4.30. The van der Waals surface area contributed by atoms with Crippen LogP contribution < -0.4 is 14.9 Å². The molecule has 3 aromatic rings. The van der Waals surface area contributed by atoms with Gasteiger partial charge in [0.2, 0.25) is 11.6 Å². The lowest BCUT2D eigenvalue weighted by molar-refractivity contribution is -0.689. The quantitative estimate of drug-likeness (QED) is 0.304. The van der Waals surface area contributed by atoms with E-state index >= 15 is 0 Å². The number of primary amides is 1. The number of oxime groups is 1. The van der Waals surface area contributed by atoms with Gasteiger partial charge in [-0.2, -0.15) is 4.57 Å². The summed E-state index contributed by atoms with van der Waals surface area (Å²) in [5.41, 5.74) is 8.86. The van der Waals surface area contributed by atoms with Crippen LogP contribution in [0, 0.1) is 0 Å². The minimum Gasteiger partial charge on any atom is -0.411 e. The number of amides is 1. The van der Waals surface area contributed by atoms with Crippen molar-refractivity contribution in [1.82, 2.24) is 0 Å². The highest BCUT2D eigenvalue weighted by atomic mass is 16.4. The Morgan fingerprint density at radius 2 is 1.73 bits per heavy atom. The van der Waals surface area contributed by atoms with Crippen LogP contribution in [0.5, 0.6) is 0 Å². The summed E-state index contributed by atoms with van der Waals surface area (Å²) < 4.78 is 4.00. The second-order valence-corrected chi connectivity index (χ2v) is 5.94. The van der Waals surface area contributed by atoms with E-state index in [1.807, 2.05) is 52.0 Å². The summed E-state index contributed by atoms with van der Waals surface area (Å²) in [6.07, 6.45) is 7.05. The monoisotopic (exact) mass is 348 g/mol. The SMILES string of the molecule is NC(=O)c1cc[n+](Cc2cccc(C[n+]3ccccc3/C=N/O)c2)cc1. The molecule has 3 rings (SSSR count). The highest BCUT2D eigenvalue weighted by molar-refractivity contribution is 5.92. The number of carbonyl (C=O) groups excluding carboxylic acids is 1. The Labute approximate surface area is 151 Å². The molecule has 0 atom stereocenters. The fourth-order valence-electron chi connectivity index (χ4n) is 2.77. The molecule has 3 N–H and O–H groups in total.